The van der Waals surface area contributed by atoms with E-state index < -0.39 is 0 Å². The van der Waals surface area contributed by atoms with Crippen LogP contribution in [0.2, 0.25) is 0 Å². The Balaban J connectivity index is 0.000000213. The summed E-state index contributed by atoms with van der Waals surface area (Å²) in [4.78, 5) is 0. The van der Waals surface area contributed by atoms with Crippen LogP contribution in [0.4, 0.5) is 0 Å². The van der Waals surface area contributed by atoms with Crippen molar-refractivity contribution in [2.45, 2.75) is 18.8 Å². The lowest BCUT2D eigenvalue weighted by molar-refractivity contribution is 0.448. The normalized spacial score (nSPS) is 14.5. The summed E-state index contributed by atoms with van der Waals surface area (Å²) in [6.07, 6.45) is 2.81. The van der Waals surface area contributed by atoms with E-state index in [9.17, 15) is 0 Å². The average Bonchev–Trinajstić information content (AvgIpc) is 2.90. The molecule has 0 aromatic heterocycles. The van der Waals surface area contributed by atoms with Crippen LogP contribution in [0.15, 0.2) is 30.3 Å². The number of hydrogen-bond acceptors (Lipinski definition) is 2. The maximum Gasteiger partial charge on any atom is 0.482 e. The Kier molecular flexibility index (Phi) is 3.84. The highest BCUT2D eigenvalue weighted by Crippen LogP contribution is 2.39. The lowest BCUT2D eigenvalue weighted by Gasteiger charge is -1.92. The van der Waals surface area contributed by atoms with Crippen molar-refractivity contribution in [3.05, 3.63) is 35.9 Å². The van der Waals surface area contributed by atoms with E-state index in [1.807, 2.05) is 0 Å². The van der Waals surface area contributed by atoms with Gasteiger partial charge in [-0.1, -0.05) is 30.3 Å². The van der Waals surface area contributed by atoms with Crippen molar-refractivity contribution in [2.24, 2.45) is 0 Å². The molecule has 12 heavy (non-hydrogen) atoms. The van der Waals surface area contributed by atoms with Gasteiger partial charge in [-0.25, -0.2) is 0 Å². The van der Waals surface area contributed by atoms with Gasteiger partial charge in [0.15, 0.2) is 0 Å². The zero-order valence-corrected chi connectivity index (χ0v) is 6.85. The molecule has 1 fully saturated rings. The first kappa shape index (κ1) is 9.29. The summed E-state index contributed by atoms with van der Waals surface area (Å²) in [6.45, 7) is 0. The molecule has 0 saturated heterocycles. The van der Waals surface area contributed by atoms with Crippen molar-refractivity contribution in [2.75, 3.05) is 0 Å². The molecule has 1 saturated carbocycles. The summed E-state index contributed by atoms with van der Waals surface area (Å²) in [5.41, 5.74) is 1.53. The molecule has 63 valence electrons. The molecular formula is C9H12BO2. The molecule has 2 rings (SSSR count). The minimum atomic E-state index is 0. The fourth-order valence-corrected chi connectivity index (χ4v) is 1.14. The van der Waals surface area contributed by atoms with Gasteiger partial charge in [-0.15, -0.1) is 0 Å². The molecule has 0 atom stereocenters. The molecule has 1 aliphatic rings. The van der Waals surface area contributed by atoms with Gasteiger partial charge in [-0.05, 0) is 24.3 Å². The molecule has 2 nitrogen and oxygen atoms in total. The third kappa shape index (κ3) is 3.07. The third-order valence-corrected chi connectivity index (χ3v) is 1.85. The maximum absolute atomic E-state index is 7.00. The molecule has 1 aromatic carbocycles. The largest absolute Gasteiger partial charge is 0.482 e. The SMILES string of the molecule is O[B]O.c1ccc(C2CC2)cc1. The Morgan fingerprint density at radius 1 is 1.08 bits per heavy atom. The van der Waals surface area contributed by atoms with Gasteiger partial charge in [0, 0.05) is 0 Å². The van der Waals surface area contributed by atoms with Crippen LogP contribution in [-0.4, -0.2) is 17.7 Å². The van der Waals surface area contributed by atoms with Crippen LogP contribution in [-0.2, 0) is 0 Å². The van der Waals surface area contributed by atoms with E-state index in [1.54, 1.807) is 0 Å². The monoisotopic (exact) mass is 163 g/mol. The minimum Gasteiger partial charge on any atom is -0.429 e. The van der Waals surface area contributed by atoms with Crippen LogP contribution < -0.4 is 0 Å². The van der Waals surface area contributed by atoms with Crippen molar-refractivity contribution in [1.82, 2.24) is 0 Å². The highest BCUT2D eigenvalue weighted by Gasteiger charge is 2.22. The lowest BCUT2D eigenvalue weighted by Crippen LogP contribution is -1.75. The Labute approximate surface area is 73.2 Å². The minimum absolute atomic E-state index is 0. The van der Waals surface area contributed by atoms with Gasteiger partial charge in [0.05, 0.1) is 0 Å². The number of benzene rings is 1. The summed E-state index contributed by atoms with van der Waals surface area (Å²) < 4.78 is 0. The van der Waals surface area contributed by atoms with E-state index in [-0.39, 0.29) is 7.69 Å². The Morgan fingerprint density at radius 3 is 2.00 bits per heavy atom. The van der Waals surface area contributed by atoms with E-state index in [0.717, 1.165) is 5.92 Å². The molecule has 1 radical (unpaired) electrons. The standard InChI is InChI=1S/C9H10.BH2O2/c1-2-4-8(5-3-1)9-6-7-9;2-1-3/h1-5,9H,6-7H2;2-3H. The van der Waals surface area contributed by atoms with Crippen LogP contribution in [0.1, 0.15) is 24.3 Å². The van der Waals surface area contributed by atoms with E-state index in [0.29, 0.717) is 0 Å². The van der Waals surface area contributed by atoms with E-state index in [1.165, 1.54) is 18.4 Å². The first-order valence-corrected chi connectivity index (χ1v) is 4.03. The van der Waals surface area contributed by atoms with Crippen molar-refractivity contribution < 1.29 is 10.0 Å². The van der Waals surface area contributed by atoms with Gasteiger partial charge in [-0.3, -0.25) is 0 Å². The molecular weight excluding hydrogens is 151 g/mol. The Hall–Kier alpha value is -0.795. The van der Waals surface area contributed by atoms with Crippen LogP contribution in [0.3, 0.4) is 0 Å². The van der Waals surface area contributed by atoms with Gasteiger partial charge in [0.1, 0.15) is 0 Å². The van der Waals surface area contributed by atoms with Crippen LogP contribution >= 0.6 is 0 Å². The van der Waals surface area contributed by atoms with Gasteiger partial charge in [-0.2, -0.15) is 0 Å². The van der Waals surface area contributed by atoms with Crippen molar-refractivity contribution in [3.8, 4) is 0 Å². The van der Waals surface area contributed by atoms with E-state index in [4.69, 9.17) is 10.0 Å². The molecule has 1 aliphatic carbocycles. The van der Waals surface area contributed by atoms with Crippen molar-refractivity contribution >= 4 is 7.69 Å². The molecule has 0 spiro atoms. The Bertz CT molecular complexity index is 209. The summed E-state index contributed by atoms with van der Waals surface area (Å²) in [5, 5.41) is 14.0. The number of rotatable bonds is 1. The molecule has 1 aromatic rings. The van der Waals surface area contributed by atoms with E-state index >= 15 is 0 Å². The molecule has 0 unspecified atom stereocenters. The van der Waals surface area contributed by atoms with Crippen LogP contribution in [0.25, 0.3) is 0 Å². The van der Waals surface area contributed by atoms with Gasteiger partial charge < -0.3 is 10.0 Å². The predicted octanol–water partition coefficient (Wildman–Crippen LogP) is 1.07. The van der Waals surface area contributed by atoms with Crippen LogP contribution in [0, 0.1) is 0 Å². The van der Waals surface area contributed by atoms with Gasteiger partial charge >= 0.3 is 7.69 Å². The van der Waals surface area contributed by atoms with Crippen LogP contribution in [0.5, 0.6) is 0 Å². The fourth-order valence-electron chi connectivity index (χ4n) is 1.14. The maximum atomic E-state index is 7.00. The molecule has 0 heterocycles. The molecule has 0 aliphatic heterocycles. The highest BCUT2D eigenvalue weighted by atomic mass is 16.4. The molecule has 2 N–H and O–H groups in total. The van der Waals surface area contributed by atoms with Gasteiger partial charge in [0.2, 0.25) is 0 Å². The summed E-state index contributed by atoms with van der Waals surface area (Å²) in [6, 6.07) is 10.8. The third-order valence-electron chi connectivity index (χ3n) is 1.85. The topological polar surface area (TPSA) is 40.5 Å². The molecule has 0 bridgehead atoms. The summed E-state index contributed by atoms with van der Waals surface area (Å²) in [7, 11) is 0. The lowest BCUT2D eigenvalue weighted by atomic mass is 10.1. The second-order valence-corrected chi connectivity index (χ2v) is 2.80. The molecule has 0 amide bonds. The quantitative estimate of drug-likeness (QED) is 0.608. The zero-order valence-electron chi connectivity index (χ0n) is 6.85. The zero-order chi connectivity index (χ0) is 8.81. The Morgan fingerprint density at radius 2 is 1.58 bits per heavy atom. The fraction of sp³-hybridized carbons (Fsp3) is 0.333. The average molecular weight is 163 g/mol. The smallest absolute Gasteiger partial charge is 0.429 e. The van der Waals surface area contributed by atoms with Crippen molar-refractivity contribution in [1.29, 1.82) is 0 Å². The highest BCUT2D eigenvalue weighted by molar-refractivity contribution is 6.13. The van der Waals surface area contributed by atoms with Gasteiger partial charge in [0.25, 0.3) is 0 Å². The second-order valence-electron chi connectivity index (χ2n) is 2.80. The van der Waals surface area contributed by atoms with E-state index in [2.05, 4.69) is 30.3 Å². The number of hydrogen-bond donors (Lipinski definition) is 2. The first-order valence-electron chi connectivity index (χ1n) is 4.03. The summed E-state index contributed by atoms with van der Waals surface area (Å²) >= 11 is 0. The molecule has 3 heteroatoms. The first-order chi connectivity index (χ1) is 5.88. The predicted molar refractivity (Wildman–Crippen MR) is 48.6 cm³/mol. The second kappa shape index (κ2) is 4.96. The summed E-state index contributed by atoms with van der Waals surface area (Å²) in [5.74, 6) is 0.909. The van der Waals surface area contributed by atoms with Crippen molar-refractivity contribution in [3.63, 3.8) is 0 Å².